The average molecular weight is 290 g/mol. The zero-order valence-corrected chi connectivity index (χ0v) is 11.8. The first kappa shape index (κ1) is 15.0. The first-order chi connectivity index (χ1) is 9.99. The summed E-state index contributed by atoms with van der Waals surface area (Å²) in [7, 11) is 0. The van der Waals surface area contributed by atoms with Crippen molar-refractivity contribution in [1.82, 2.24) is 10.2 Å². The number of hydrogen-bond donors (Lipinski definition) is 2. The Bertz CT molecular complexity index is 553. The quantitative estimate of drug-likeness (QED) is 0.866. The Balaban J connectivity index is 1.91. The smallest absolute Gasteiger partial charge is 0.335 e. The number of carbonyl (C=O) groups is 3. The van der Waals surface area contributed by atoms with Crippen LogP contribution < -0.4 is 5.32 Å². The number of benzene rings is 1. The molecule has 0 saturated carbocycles. The molecule has 0 aromatic heterocycles. The van der Waals surface area contributed by atoms with E-state index in [1.54, 1.807) is 17.0 Å². The van der Waals surface area contributed by atoms with Gasteiger partial charge in [0.2, 0.25) is 11.8 Å². The van der Waals surface area contributed by atoms with E-state index < -0.39 is 5.97 Å². The first-order valence-electron chi connectivity index (χ1n) is 6.86. The van der Waals surface area contributed by atoms with Crippen molar-refractivity contribution in [1.29, 1.82) is 0 Å². The van der Waals surface area contributed by atoms with Gasteiger partial charge in [-0.2, -0.15) is 0 Å². The van der Waals surface area contributed by atoms with Gasteiger partial charge >= 0.3 is 5.97 Å². The molecule has 1 heterocycles. The molecule has 1 aliphatic heterocycles. The molecule has 21 heavy (non-hydrogen) atoms. The van der Waals surface area contributed by atoms with Gasteiger partial charge in [-0.25, -0.2) is 4.79 Å². The second kappa shape index (κ2) is 6.39. The van der Waals surface area contributed by atoms with Crippen molar-refractivity contribution in [2.45, 2.75) is 32.4 Å². The van der Waals surface area contributed by atoms with Crippen LogP contribution in [0, 0.1) is 0 Å². The molecular weight excluding hydrogens is 272 g/mol. The van der Waals surface area contributed by atoms with E-state index in [0.29, 0.717) is 19.5 Å². The van der Waals surface area contributed by atoms with Gasteiger partial charge in [-0.3, -0.25) is 9.59 Å². The predicted octanol–water partition coefficient (Wildman–Crippen LogP) is 1.01. The van der Waals surface area contributed by atoms with Crippen LogP contribution in [0.5, 0.6) is 0 Å². The summed E-state index contributed by atoms with van der Waals surface area (Å²) in [4.78, 5) is 35.9. The van der Waals surface area contributed by atoms with E-state index in [9.17, 15) is 14.4 Å². The van der Waals surface area contributed by atoms with Crippen molar-refractivity contribution in [3.05, 3.63) is 35.4 Å². The SMILES string of the molecule is CC(=O)N1CCCC1C(=O)NCc1ccc(C(=O)O)cc1. The summed E-state index contributed by atoms with van der Waals surface area (Å²) in [6.45, 7) is 2.41. The summed E-state index contributed by atoms with van der Waals surface area (Å²) in [6.07, 6.45) is 1.52. The van der Waals surface area contributed by atoms with Gasteiger partial charge in [-0.15, -0.1) is 0 Å². The van der Waals surface area contributed by atoms with E-state index in [-0.39, 0.29) is 23.4 Å². The summed E-state index contributed by atoms with van der Waals surface area (Å²) in [5.74, 6) is -1.22. The highest BCUT2D eigenvalue weighted by molar-refractivity contribution is 5.88. The molecule has 2 amide bonds. The van der Waals surface area contributed by atoms with Crippen LogP contribution in [0.25, 0.3) is 0 Å². The maximum Gasteiger partial charge on any atom is 0.335 e. The Labute approximate surface area is 122 Å². The molecule has 1 aliphatic rings. The van der Waals surface area contributed by atoms with Crippen LogP contribution >= 0.6 is 0 Å². The lowest BCUT2D eigenvalue weighted by molar-refractivity contribution is -0.136. The number of carboxylic acid groups (broad SMARTS) is 1. The number of hydrogen-bond acceptors (Lipinski definition) is 3. The summed E-state index contributed by atoms with van der Waals surface area (Å²) >= 11 is 0. The largest absolute Gasteiger partial charge is 0.478 e. The number of aromatic carboxylic acids is 1. The monoisotopic (exact) mass is 290 g/mol. The molecule has 1 aromatic carbocycles. The lowest BCUT2D eigenvalue weighted by Crippen LogP contribution is -2.44. The Kier molecular flexibility index (Phi) is 4.57. The van der Waals surface area contributed by atoms with Crippen molar-refractivity contribution in [2.75, 3.05) is 6.54 Å². The van der Waals surface area contributed by atoms with Gasteiger partial charge in [-0.05, 0) is 30.5 Å². The minimum absolute atomic E-state index is 0.0848. The molecule has 6 nitrogen and oxygen atoms in total. The molecule has 0 aliphatic carbocycles. The number of amides is 2. The molecule has 1 saturated heterocycles. The summed E-state index contributed by atoms with van der Waals surface area (Å²) in [5.41, 5.74) is 1.03. The number of nitrogens with zero attached hydrogens (tertiary/aromatic N) is 1. The van der Waals surface area contributed by atoms with Gasteiger partial charge in [0.1, 0.15) is 6.04 Å². The molecule has 1 fully saturated rings. The Morgan fingerprint density at radius 1 is 1.29 bits per heavy atom. The van der Waals surface area contributed by atoms with Gasteiger partial charge in [-0.1, -0.05) is 12.1 Å². The van der Waals surface area contributed by atoms with Crippen LogP contribution in [0.2, 0.25) is 0 Å². The lowest BCUT2D eigenvalue weighted by atomic mass is 10.1. The van der Waals surface area contributed by atoms with Crippen molar-refractivity contribution in [3.63, 3.8) is 0 Å². The number of likely N-dealkylation sites (tertiary alicyclic amines) is 1. The third-order valence-corrected chi connectivity index (χ3v) is 3.63. The van der Waals surface area contributed by atoms with Crippen LogP contribution in [0.1, 0.15) is 35.7 Å². The lowest BCUT2D eigenvalue weighted by Gasteiger charge is -2.22. The third kappa shape index (κ3) is 3.59. The number of carboxylic acids is 1. The Morgan fingerprint density at radius 2 is 1.95 bits per heavy atom. The third-order valence-electron chi connectivity index (χ3n) is 3.63. The minimum atomic E-state index is -0.978. The van der Waals surface area contributed by atoms with Crippen molar-refractivity contribution in [3.8, 4) is 0 Å². The molecule has 1 atom stereocenters. The molecule has 0 spiro atoms. The minimum Gasteiger partial charge on any atom is -0.478 e. The molecule has 2 rings (SSSR count). The topological polar surface area (TPSA) is 86.7 Å². The van der Waals surface area contributed by atoms with Crippen molar-refractivity contribution >= 4 is 17.8 Å². The van der Waals surface area contributed by atoms with Crippen LogP contribution in [0.3, 0.4) is 0 Å². The maximum absolute atomic E-state index is 12.1. The second-order valence-corrected chi connectivity index (χ2v) is 5.09. The van der Waals surface area contributed by atoms with E-state index in [2.05, 4.69) is 5.32 Å². The van der Waals surface area contributed by atoms with Crippen LogP contribution in [0.15, 0.2) is 24.3 Å². The molecule has 0 bridgehead atoms. The highest BCUT2D eigenvalue weighted by atomic mass is 16.4. The average Bonchev–Trinajstić information content (AvgIpc) is 2.95. The molecule has 1 aromatic rings. The van der Waals surface area contributed by atoms with Crippen LogP contribution in [-0.4, -0.2) is 40.4 Å². The molecular formula is C15H18N2O4. The fraction of sp³-hybridized carbons (Fsp3) is 0.400. The fourth-order valence-corrected chi connectivity index (χ4v) is 2.49. The number of nitrogens with one attached hydrogen (secondary N) is 1. The van der Waals surface area contributed by atoms with E-state index in [0.717, 1.165) is 12.0 Å². The maximum atomic E-state index is 12.1. The Morgan fingerprint density at radius 3 is 2.52 bits per heavy atom. The van der Waals surface area contributed by atoms with Crippen molar-refractivity contribution in [2.24, 2.45) is 0 Å². The van der Waals surface area contributed by atoms with Crippen molar-refractivity contribution < 1.29 is 19.5 Å². The first-order valence-corrected chi connectivity index (χ1v) is 6.86. The molecule has 2 N–H and O–H groups in total. The van der Waals surface area contributed by atoms with E-state index in [4.69, 9.17) is 5.11 Å². The molecule has 112 valence electrons. The molecule has 0 radical (unpaired) electrons. The van der Waals surface area contributed by atoms with Gasteiger partial charge in [0.05, 0.1) is 5.56 Å². The summed E-state index contributed by atoms with van der Waals surface area (Å²) in [5, 5.41) is 11.6. The molecule has 6 heteroatoms. The Hall–Kier alpha value is -2.37. The molecule has 1 unspecified atom stereocenters. The standard InChI is InChI=1S/C15H18N2O4/c1-10(18)17-8-2-3-13(17)14(19)16-9-11-4-6-12(7-5-11)15(20)21/h4-7,13H,2-3,8-9H2,1H3,(H,16,19)(H,20,21). The summed E-state index contributed by atoms with van der Waals surface area (Å²) < 4.78 is 0. The van der Waals surface area contributed by atoms with Gasteiger partial charge in [0, 0.05) is 20.0 Å². The number of carbonyl (C=O) groups excluding carboxylic acids is 2. The summed E-state index contributed by atoms with van der Waals surface area (Å²) in [6, 6.07) is 5.95. The normalized spacial score (nSPS) is 17.6. The van der Waals surface area contributed by atoms with E-state index >= 15 is 0 Å². The van der Waals surface area contributed by atoms with Crippen LogP contribution in [-0.2, 0) is 16.1 Å². The van der Waals surface area contributed by atoms with Gasteiger partial charge in [0.25, 0.3) is 0 Å². The predicted molar refractivity (Wildman–Crippen MR) is 75.7 cm³/mol. The fourth-order valence-electron chi connectivity index (χ4n) is 2.49. The second-order valence-electron chi connectivity index (χ2n) is 5.09. The zero-order chi connectivity index (χ0) is 15.4. The van der Waals surface area contributed by atoms with Gasteiger partial charge < -0.3 is 15.3 Å². The van der Waals surface area contributed by atoms with E-state index in [1.807, 2.05) is 0 Å². The van der Waals surface area contributed by atoms with E-state index in [1.165, 1.54) is 19.1 Å². The van der Waals surface area contributed by atoms with Crippen LogP contribution in [0.4, 0.5) is 0 Å². The highest BCUT2D eigenvalue weighted by Gasteiger charge is 2.31. The highest BCUT2D eigenvalue weighted by Crippen LogP contribution is 2.17. The van der Waals surface area contributed by atoms with Gasteiger partial charge in [0.15, 0.2) is 0 Å². The number of rotatable bonds is 4. The zero-order valence-electron chi connectivity index (χ0n) is 11.8.